The van der Waals surface area contributed by atoms with Gasteiger partial charge in [0.1, 0.15) is 11.6 Å². The maximum absolute atomic E-state index is 13.4. The van der Waals surface area contributed by atoms with E-state index in [-0.39, 0.29) is 5.92 Å². The van der Waals surface area contributed by atoms with Crippen molar-refractivity contribution in [2.45, 2.75) is 46.0 Å². The van der Waals surface area contributed by atoms with Crippen LogP contribution in [0.25, 0.3) is 0 Å². The molecule has 0 spiro atoms. The molecule has 108 valence electrons. The highest BCUT2D eigenvalue weighted by Crippen LogP contribution is 2.30. The number of halogens is 2. The summed E-state index contributed by atoms with van der Waals surface area (Å²) in [5.41, 5.74) is 0.773. The van der Waals surface area contributed by atoms with Gasteiger partial charge in [0.2, 0.25) is 0 Å². The zero-order valence-electron chi connectivity index (χ0n) is 12.2. The molecule has 19 heavy (non-hydrogen) atoms. The molecule has 0 amide bonds. The Morgan fingerprint density at radius 1 is 1.00 bits per heavy atom. The van der Waals surface area contributed by atoms with Crippen molar-refractivity contribution in [2.75, 3.05) is 13.1 Å². The van der Waals surface area contributed by atoms with Crippen molar-refractivity contribution >= 4 is 0 Å². The summed E-state index contributed by atoms with van der Waals surface area (Å²) in [6, 6.07) is 3.88. The fourth-order valence-electron chi connectivity index (χ4n) is 2.64. The van der Waals surface area contributed by atoms with E-state index < -0.39 is 11.6 Å². The molecule has 3 heteroatoms. The smallest absolute Gasteiger partial charge is 0.126 e. The summed E-state index contributed by atoms with van der Waals surface area (Å²) in [6.07, 6.45) is 3.10. The fraction of sp³-hybridized carbons (Fsp3) is 0.625. The summed E-state index contributed by atoms with van der Waals surface area (Å²) in [5.74, 6) is -0.347. The number of rotatable bonds is 8. The Balaban J connectivity index is 2.93. The molecular formula is C16H25F2N. The second kappa shape index (κ2) is 8.26. The molecule has 0 aliphatic carbocycles. The van der Waals surface area contributed by atoms with E-state index in [1.54, 1.807) is 0 Å². The summed E-state index contributed by atoms with van der Waals surface area (Å²) in [6.45, 7) is 8.10. The lowest BCUT2D eigenvalue weighted by Crippen LogP contribution is -2.27. The predicted molar refractivity (Wildman–Crippen MR) is 76.3 cm³/mol. The van der Waals surface area contributed by atoms with Gasteiger partial charge in [0.05, 0.1) is 0 Å². The summed E-state index contributed by atoms with van der Waals surface area (Å²) < 4.78 is 26.8. The average molecular weight is 269 g/mol. The Morgan fingerprint density at radius 3 is 2.05 bits per heavy atom. The van der Waals surface area contributed by atoms with E-state index in [2.05, 4.69) is 26.1 Å². The Morgan fingerprint density at radius 2 is 1.58 bits per heavy atom. The molecule has 0 saturated carbocycles. The van der Waals surface area contributed by atoms with Crippen LogP contribution in [0.5, 0.6) is 0 Å². The van der Waals surface area contributed by atoms with Crippen LogP contribution >= 0.6 is 0 Å². The standard InChI is InChI=1S/C16H25F2N/c1-4-7-19-11-16(12(5-2)6-3)13-8-14(17)10-15(18)9-13/h8-10,12,16,19H,4-7,11H2,1-3H3. The van der Waals surface area contributed by atoms with Crippen LogP contribution in [0.1, 0.15) is 51.5 Å². The lowest BCUT2D eigenvalue weighted by Gasteiger charge is -2.26. The molecule has 0 aliphatic heterocycles. The highest BCUT2D eigenvalue weighted by Gasteiger charge is 2.21. The lowest BCUT2D eigenvalue weighted by molar-refractivity contribution is 0.377. The fourth-order valence-corrected chi connectivity index (χ4v) is 2.64. The van der Waals surface area contributed by atoms with Crippen LogP contribution in [0.3, 0.4) is 0 Å². The first-order valence-electron chi connectivity index (χ1n) is 7.29. The second-order valence-corrected chi connectivity index (χ2v) is 5.09. The Labute approximate surface area is 115 Å². The van der Waals surface area contributed by atoms with E-state index in [1.165, 1.54) is 12.1 Å². The monoisotopic (exact) mass is 269 g/mol. The van der Waals surface area contributed by atoms with Gasteiger partial charge >= 0.3 is 0 Å². The van der Waals surface area contributed by atoms with Crippen LogP contribution in [0.4, 0.5) is 8.78 Å². The third-order valence-corrected chi connectivity index (χ3v) is 3.72. The Hall–Kier alpha value is -0.960. The van der Waals surface area contributed by atoms with Gasteiger partial charge in [-0.15, -0.1) is 0 Å². The molecule has 0 bridgehead atoms. The minimum Gasteiger partial charge on any atom is -0.316 e. The van der Waals surface area contributed by atoms with Gasteiger partial charge in [0, 0.05) is 12.6 Å². The number of nitrogens with one attached hydrogen (secondary N) is 1. The van der Waals surface area contributed by atoms with Crippen LogP contribution in [-0.2, 0) is 0 Å². The summed E-state index contributed by atoms with van der Waals surface area (Å²) in [5, 5.41) is 3.38. The van der Waals surface area contributed by atoms with Crippen molar-refractivity contribution in [3.8, 4) is 0 Å². The lowest BCUT2D eigenvalue weighted by atomic mass is 9.82. The Kier molecular flexibility index (Phi) is 7.00. The van der Waals surface area contributed by atoms with Gasteiger partial charge < -0.3 is 5.32 Å². The maximum atomic E-state index is 13.4. The van der Waals surface area contributed by atoms with E-state index in [1.807, 2.05) is 0 Å². The van der Waals surface area contributed by atoms with E-state index in [0.29, 0.717) is 5.92 Å². The molecule has 1 aromatic carbocycles. The van der Waals surface area contributed by atoms with Crippen LogP contribution in [0, 0.1) is 17.6 Å². The average Bonchev–Trinajstić information content (AvgIpc) is 2.37. The highest BCUT2D eigenvalue weighted by atomic mass is 19.1. The van der Waals surface area contributed by atoms with Gasteiger partial charge in [-0.05, 0) is 42.5 Å². The SMILES string of the molecule is CCCNCC(c1cc(F)cc(F)c1)C(CC)CC. The van der Waals surface area contributed by atoms with Crippen LogP contribution < -0.4 is 5.32 Å². The van der Waals surface area contributed by atoms with E-state index >= 15 is 0 Å². The Bertz CT molecular complexity index is 355. The summed E-state index contributed by atoms with van der Waals surface area (Å²) in [7, 11) is 0. The third kappa shape index (κ3) is 4.90. The molecule has 1 N–H and O–H groups in total. The van der Waals surface area contributed by atoms with Gasteiger partial charge in [-0.25, -0.2) is 8.78 Å². The van der Waals surface area contributed by atoms with Crippen molar-refractivity contribution < 1.29 is 8.78 Å². The van der Waals surface area contributed by atoms with Crippen molar-refractivity contribution in [1.29, 1.82) is 0 Å². The molecule has 0 radical (unpaired) electrons. The zero-order valence-corrected chi connectivity index (χ0v) is 12.2. The third-order valence-electron chi connectivity index (χ3n) is 3.72. The molecule has 0 aliphatic rings. The van der Waals surface area contributed by atoms with Crippen LogP contribution in [-0.4, -0.2) is 13.1 Å². The van der Waals surface area contributed by atoms with Gasteiger partial charge in [0.15, 0.2) is 0 Å². The molecule has 1 nitrogen and oxygen atoms in total. The van der Waals surface area contributed by atoms with Crippen LogP contribution in [0.2, 0.25) is 0 Å². The second-order valence-electron chi connectivity index (χ2n) is 5.09. The molecule has 0 heterocycles. The molecule has 1 rings (SSSR count). The molecule has 0 saturated heterocycles. The quantitative estimate of drug-likeness (QED) is 0.686. The first-order valence-corrected chi connectivity index (χ1v) is 7.29. The normalized spacial score (nSPS) is 12.9. The molecule has 1 atom stereocenters. The van der Waals surface area contributed by atoms with Crippen molar-refractivity contribution in [3.63, 3.8) is 0 Å². The van der Waals surface area contributed by atoms with Gasteiger partial charge in [-0.3, -0.25) is 0 Å². The zero-order chi connectivity index (χ0) is 14.3. The van der Waals surface area contributed by atoms with E-state index in [0.717, 1.165) is 44.0 Å². The van der Waals surface area contributed by atoms with Gasteiger partial charge in [0.25, 0.3) is 0 Å². The van der Waals surface area contributed by atoms with Gasteiger partial charge in [-0.2, -0.15) is 0 Å². The molecule has 0 aromatic heterocycles. The van der Waals surface area contributed by atoms with Crippen molar-refractivity contribution in [3.05, 3.63) is 35.4 Å². The largest absolute Gasteiger partial charge is 0.316 e. The molecule has 0 fully saturated rings. The van der Waals surface area contributed by atoms with E-state index in [4.69, 9.17) is 0 Å². The van der Waals surface area contributed by atoms with Crippen molar-refractivity contribution in [2.24, 2.45) is 5.92 Å². The summed E-state index contributed by atoms with van der Waals surface area (Å²) in [4.78, 5) is 0. The van der Waals surface area contributed by atoms with Gasteiger partial charge in [-0.1, -0.05) is 33.6 Å². The molecule has 1 unspecified atom stereocenters. The summed E-state index contributed by atoms with van der Waals surface area (Å²) >= 11 is 0. The van der Waals surface area contributed by atoms with Crippen LogP contribution in [0.15, 0.2) is 18.2 Å². The molecule has 1 aromatic rings. The van der Waals surface area contributed by atoms with E-state index in [9.17, 15) is 8.78 Å². The minimum atomic E-state index is -0.485. The number of benzene rings is 1. The minimum absolute atomic E-state index is 0.173. The first-order chi connectivity index (χ1) is 9.12. The molecular weight excluding hydrogens is 244 g/mol. The number of hydrogen-bond donors (Lipinski definition) is 1. The maximum Gasteiger partial charge on any atom is 0.126 e. The number of hydrogen-bond acceptors (Lipinski definition) is 1. The predicted octanol–water partition coefficient (Wildman–Crippen LogP) is 4.48. The first kappa shape index (κ1) is 16.1. The van der Waals surface area contributed by atoms with Crippen molar-refractivity contribution in [1.82, 2.24) is 5.32 Å². The highest BCUT2D eigenvalue weighted by molar-refractivity contribution is 5.23. The topological polar surface area (TPSA) is 12.0 Å².